The van der Waals surface area contributed by atoms with Crippen molar-refractivity contribution in [3.05, 3.63) is 71.8 Å². The number of ether oxygens (including phenoxy) is 3. The van der Waals surface area contributed by atoms with Crippen LogP contribution in [0.2, 0.25) is 0 Å². The molecule has 1 aliphatic heterocycles. The van der Waals surface area contributed by atoms with E-state index in [9.17, 15) is 14.0 Å². The first-order chi connectivity index (χ1) is 22.4. The van der Waals surface area contributed by atoms with Gasteiger partial charge in [-0.2, -0.15) is 0 Å². The lowest BCUT2D eigenvalue weighted by atomic mass is 10.0. The fraction of sp³-hybridized carbons (Fsp3) is 0.429. The number of ketones is 1. The molecule has 1 saturated carbocycles. The molecule has 9 nitrogen and oxygen atoms in total. The summed E-state index contributed by atoms with van der Waals surface area (Å²) in [6.45, 7) is 6.92. The van der Waals surface area contributed by atoms with E-state index >= 15 is 0 Å². The maximum absolute atomic E-state index is 15.0. The van der Waals surface area contributed by atoms with Crippen LogP contribution in [-0.2, 0) is 27.2 Å². The molecule has 0 atom stereocenters. The summed E-state index contributed by atoms with van der Waals surface area (Å²) in [6.07, 6.45) is 7.26. The van der Waals surface area contributed by atoms with Gasteiger partial charge in [-0.1, -0.05) is 19.1 Å². The minimum Gasteiger partial charge on any atom is -0.453 e. The van der Waals surface area contributed by atoms with Gasteiger partial charge in [-0.15, -0.1) is 11.3 Å². The number of aromatic nitrogens is 2. The third-order valence-electron chi connectivity index (χ3n) is 8.12. The number of hydrogen-bond acceptors (Lipinski definition) is 9. The van der Waals surface area contributed by atoms with E-state index in [2.05, 4.69) is 16.0 Å². The van der Waals surface area contributed by atoms with Crippen molar-refractivity contribution < 1.29 is 28.2 Å². The molecule has 242 valence electrons. The molecule has 3 aromatic heterocycles. The van der Waals surface area contributed by atoms with Gasteiger partial charge in [0.2, 0.25) is 0 Å². The number of rotatable bonds is 14. The van der Waals surface area contributed by atoms with E-state index in [-0.39, 0.29) is 30.7 Å². The van der Waals surface area contributed by atoms with Gasteiger partial charge in [0.1, 0.15) is 18.1 Å². The van der Waals surface area contributed by atoms with Crippen LogP contribution >= 0.6 is 11.3 Å². The highest BCUT2D eigenvalue weighted by atomic mass is 32.1. The van der Waals surface area contributed by atoms with Crippen molar-refractivity contribution in [1.82, 2.24) is 19.8 Å². The van der Waals surface area contributed by atoms with Crippen LogP contribution in [0.5, 0.6) is 11.5 Å². The van der Waals surface area contributed by atoms with Crippen molar-refractivity contribution in [3.63, 3.8) is 0 Å². The largest absolute Gasteiger partial charge is 0.453 e. The zero-order valence-corrected chi connectivity index (χ0v) is 26.9. The maximum atomic E-state index is 15.0. The molecule has 1 aliphatic carbocycles. The van der Waals surface area contributed by atoms with E-state index in [0.717, 1.165) is 65.2 Å². The van der Waals surface area contributed by atoms with Gasteiger partial charge in [0.05, 0.1) is 27.4 Å². The molecule has 0 N–H and O–H groups in total. The smallest absolute Gasteiger partial charge is 0.409 e. The Hall–Kier alpha value is -3.93. The Morgan fingerprint density at radius 1 is 0.957 bits per heavy atom. The molecule has 11 heteroatoms. The van der Waals surface area contributed by atoms with Crippen LogP contribution in [0.25, 0.3) is 20.8 Å². The van der Waals surface area contributed by atoms with Crippen molar-refractivity contribution in [2.45, 2.75) is 45.6 Å². The molecule has 4 heterocycles. The molecule has 1 saturated heterocycles. The molecule has 46 heavy (non-hydrogen) atoms. The molecule has 6 rings (SSSR count). The second-order valence-electron chi connectivity index (χ2n) is 11.9. The Morgan fingerprint density at radius 3 is 2.52 bits per heavy atom. The summed E-state index contributed by atoms with van der Waals surface area (Å²) < 4.78 is 32.5. The molecule has 1 aromatic carbocycles. The molecule has 2 aliphatic rings. The van der Waals surface area contributed by atoms with Gasteiger partial charge >= 0.3 is 6.09 Å². The predicted octanol–water partition coefficient (Wildman–Crippen LogP) is 6.88. The van der Waals surface area contributed by atoms with Gasteiger partial charge in [0.15, 0.2) is 11.6 Å². The quantitative estimate of drug-likeness (QED) is 0.137. The average Bonchev–Trinajstić information content (AvgIpc) is 3.76. The van der Waals surface area contributed by atoms with Crippen molar-refractivity contribution in [2.75, 3.05) is 46.0 Å². The van der Waals surface area contributed by atoms with E-state index in [0.29, 0.717) is 50.0 Å². The van der Waals surface area contributed by atoms with E-state index < -0.39 is 5.82 Å². The highest BCUT2D eigenvalue weighted by Crippen LogP contribution is 2.39. The zero-order chi connectivity index (χ0) is 31.9. The van der Waals surface area contributed by atoms with Crippen LogP contribution < -0.4 is 4.74 Å². The fourth-order valence-corrected chi connectivity index (χ4v) is 6.50. The number of benzene rings is 1. The van der Waals surface area contributed by atoms with E-state index in [1.54, 1.807) is 29.3 Å². The number of carbonyl (C=O) groups excluding carboxylic acids is 2. The van der Waals surface area contributed by atoms with Crippen LogP contribution in [0.15, 0.2) is 54.9 Å². The van der Waals surface area contributed by atoms with Crippen molar-refractivity contribution in [2.24, 2.45) is 5.92 Å². The topological polar surface area (TPSA) is 94.1 Å². The van der Waals surface area contributed by atoms with Crippen LogP contribution in [0, 0.1) is 11.7 Å². The lowest BCUT2D eigenvalue weighted by Crippen LogP contribution is -2.48. The number of piperazine rings is 1. The van der Waals surface area contributed by atoms with Gasteiger partial charge in [-0.05, 0) is 60.6 Å². The Kier molecular flexibility index (Phi) is 10.5. The molecular formula is C35H39FN4O5S. The first kappa shape index (κ1) is 32.0. The van der Waals surface area contributed by atoms with Crippen molar-refractivity contribution in [1.29, 1.82) is 0 Å². The van der Waals surface area contributed by atoms with E-state index in [4.69, 9.17) is 19.2 Å². The fourth-order valence-electron chi connectivity index (χ4n) is 5.46. The first-order valence-corrected chi connectivity index (χ1v) is 16.8. The molecule has 0 unspecified atom stereocenters. The van der Waals surface area contributed by atoms with Gasteiger partial charge in [-0.25, -0.2) is 9.18 Å². The van der Waals surface area contributed by atoms with Crippen LogP contribution in [-0.4, -0.2) is 77.6 Å². The summed E-state index contributed by atoms with van der Waals surface area (Å²) in [5, 5.41) is 0. The summed E-state index contributed by atoms with van der Waals surface area (Å²) in [5.74, 6) is 0.803. The number of halogens is 1. The molecule has 0 spiro atoms. The average molecular weight is 647 g/mol. The van der Waals surface area contributed by atoms with Gasteiger partial charge < -0.3 is 19.1 Å². The number of amides is 1. The Morgan fingerprint density at radius 2 is 1.78 bits per heavy atom. The lowest BCUT2D eigenvalue weighted by Gasteiger charge is -2.34. The Labute approximate surface area is 272 Å². The number of nitrogens with zero attached hydrogens (tertiary/aromatic N) is 4. The number of Topliss-reactive ketones (excluding diaryl/α,β-unsaturated/α-hetero) is 1. The standard InChI is InChI=1S/C35H39FN4O5S/c1-2-15-43-16-17-44-35(42)40-13-11-39(12-14-40)23-26-5-7-29(38-22-26)33-21-30-34(46-33)32(9-10-37-30)45-31-8-6-25(20-28(31)36)19-27(41)18-24-3-4-24/h5-10,20-22,24H,2-4,11-19,23H2,1H3. The van der Waals surface area contributed by atoms with Crippen molar-refractivity contribution in [3.8, 4) is 22.1 Å². The Bertz CT molecular complexity index is 1650. The molecule has 0 radical (unpaired) electrons. The summed E-state index contributed by atoms with van der Waals surface area (Å²) >= 11 is 1.49. The SMILES string of the molecule is CCCOCCOC(=O)N1CCN(Cc2ccc(-c3cc4nccc(Oc5ccc(CC(=O)CC6CC6)cc5F)c4s3)nc2)CC1. The van der Waals surface area contributed by atoms with E-state index in [1.807, 2.05) is 25.3 Å². The third-order valence-corrected chi connectivity index (χ3v) is 9.28. The lowest BCUT2D eigenvalue weighted by molar-refractivity contribution is -0.118. The third kappa shape index (κ3) is 8.45. The molecule has 4 aromatic rings. The number of pyridine rings is 2. The summed E-state index contributed by atoms with van der Waals surface area (Å²) in [7, 11) is 0. The Balaban J connectivity index is 1.03. The number of carbonyl (C=O) groups is 2. The van der Waals surface area contributed by atoms with Gasteiger partial charge in [0, 0.05) is 70.6 Å². The van der Waals surface area contributed by atoms with Crippen LogP contribution in [0.4, 0.5) is 9.18 Å². The van der Waals surface area contributed by atoms with Crippen LogP contribution in [0.1, 0.15) is 43.7 Å². The second kappa shape index (κ2) is 15.1. The summed E-state index contributed by atoms with van der Waals surface area (Å²) in [4.78, 5) is 38.7. The zero-order valence-electron chi connectivity index (χ0n) is 26.1. The molecular weight excluding hydrogens is 607 g/mol. The predicted molar refractivity (Wildman–Crippen MR) is 175 cm³/mol. The maximum Gasteiger partial charge on any atom is 0.409 e. The number of fused-ring (bicyclic) bond motifs is 1. The minimum atomic E-state index is -0.495. The summed E-state index contributed by atoms with van der Waals surface area (Å²) in [5.41, 5.74) is 3.31. The molecule has 1 amide bonds. The normalized spacial score (nSPS) is 15.3. The minimum absolute atomic E-state index is 0.109. The second-order valence-corrected chi connectivity index (χ2v) is 13.0. The first-order valence-electron chi connectivity index (χ1n) is 16.0. The van der Waals surface area contributed by atoms with Gasteiger partial charge in [0.25, 0.3) is 0 Å². The summed E-state index contributed by atoms with van der Waals surface area (Å²) in [6, 6.07) is 12.5. The highest BCUT2D eigenvalue weighted by molar-refractivity contribution is 7.22. The van der Waals surface area contributed by atoms with E-state index in [1.165, 1.54) is 17.4 Å². The number of hydrogen-bond donors (Lipinski definition) is 0. The van der Waals surface area contributed by atoms with Crippen molar-refractivity contribution >= 4 is 33.4 Å². The highest BCUT2D eigenvalue weighted by Gasteiger charge is 2.25. The molecule has 2 fully saturated rings. The van der Waals surface area contributed by atoms with Crippen LogP contribution in [0.3, 0.4) is 0 Å². The number of thiophene rings is 1. The molecule has 0 bridgehead atoms. The van der Waals surface area contributed by atoms with Gasteiger partial charge in [-0.3, -0.25) is 19.7 Å². The monoisotopic (exact) mass is 646 g/mol.